The molecule has 2 N–H and O–H groups in total. The zero-order chi connectivity index (χ0) is 23.8. The maximum atomic E-state index is 13.4. The molecule has 1 atom stereocenters. The van der Waals surface area contributed by atoms with E-state index >= 15 is 0 Å². The number of piperidine rings is 1. The van der Waals surface area contributed by atoms with Gasteiger partial charge in [-0.3, -0.25) is 4.79 Å². The Labute approximate surface area is 200 Å². The molecule has 2 heterocycles. The maximum Gasteiger partial charge on any atom is 0.227 e. The van der Waals surface area contributed by atoms with Crippen molar-refractivity contribution in [3.8, 4) is 11.3 Å². The second-order valence-corrected chi connectivity index (χ2v) is 8.67. The molecule has 4 rings (SSSR count). The first kappa shape index (κ1) is 23.8. The van der Waals surface area contributed by atoms with Gasteiger partial charge in [0.05, 0.1) is 11.6 Å². The maximum absolute atomic E-state index is 13.4. The normalized spacial score (nSPS) is 15.6. The summed E-state index contributed by atoms with van der Waals surface area (Å²) in [5.74, 6) is 0.607. The van der Waals surface area contributed by atoms with Crippen LogP contribution in [-0.4, -0.2) is 47.0 Å². The first-order valence-corrected chi connectivity index (χ1v) is 12.0. The summed E-state index contributed by atoms with van der Waals surface area (Å²) >= 11 is 0. The van der Waals surface area contributed by atoms with Gasteiger partial charge in [0.2, 0.25) is 11.9 Å². The molecule has 0 bridgehead atoms. The Kier molecular flexibility index (Phi) is 8.20. The average Bonchev–Trinajstić information content (AvgIpc) is 2.88. The van der Waals surface area contributed by atoms with E-state index in [-0.39, 0.29) is 17.6 Å². The molecule has 3 aromatic rings. The average molecular weight is 462 g/mol. The minimum absolute atomic E-state index is 0.0692. The van der Waals surface area contributed by atoms with Gasteiger partial charge in [0.25, 0.3) is 0 Å². The smallest absolute Gasteiger partial charge is 0.227 e. The van der Waals surface area contributed by atoms with Crippen molar-refractivity contribution in [3.63, 3.8) is 0 Å². The Morgan fingerprint density at radius 2 is 2.03 bits per heavy atom. The van der Waals surface area contributed by atoms with Crippen LogP contribution in [0, 0.1) is 11.7 Å². The molecule has 178 valence electrons. The Balaban J connectivity index is 1.40. The highest BCUT2D eigenvalue weighted by Crippen LogP contribution is 2.21. The topological polar surface area (TPSA) is 70.2 Å². The van der Waals surface area contributed by atoms with Crippen LogP contribution in [0.15, 0.2) is 60.8 Å². The summed E-state index contributed by atoms with van der Waals surface area (Å²) in [5.41, 5.74) is 3.80. The Hall–Kier alpha value is -3.32. The fraction of sp³-hybridized carbons (Fsp3) is 0.370. The molecule has 0 unspecified atom stereocenters. The van der Waals surface area contributed by atoms with Gasteiger partial charge in [-0.15, -0.1) is 0 Å². The molecule has 1 amide bonds. The number of aromatic nitrogens is 2. The van der Waals surface area contributed by atoms with Crippen molar-refractivity contribution in [1.82, 2.24) is 20.2 Å². The monoisotopic (exact) mass is 461 g/mol. The van der Waals surface area contributed by atoms with Gasteiger partial charge in [-0.05, 0) is 68.1 Å². The van der Waals surface area contributed by atoms with Crippen LogP contribution in [0.2, 0.25) is 0 Å². The van der Waals surface area contributed by atoms with E-state index in [0.29, 0.717) is 32.0 Å². The third-order valence-electron chi connectivity index (χ3n) is 6.18. The van der Waals surface area contributed by atoms with Crippen molar-refractivity contribution in [2.24, 2.45) is 5.92 Å². The van der Waals surface area contributed by atoms with Crippen molar-refractivity contribution in [2.45, 2.75) is 32.7 Å². The van der Waals surface area contributed by atoms with E-state index in [1.54, 1.807) is 18.3 Å². The number of halogens is 1. The van der Waals surface area contributed by atoms with Crippen LogP contribution in [-0.2, 0) is 17.8 Å². The second kappa shape index (κ2) is 11.7. The Morgan fingerprint density at radius 3 is 2.82 bits per heavy atom. The van der Waals surface area contributed by atoms with E-state index in [2.05, 4.69) is 32.7 Å². The highest BCUT2D eigenvalue weighted by Gasteiger charge is 2.25. The number of hydrogen-bond acceptors (Lipinski definition) is 5. The number of carbonyl (C=O) groups excluding carboxylic acids is 1. The molecule has 0 spiro atoms. The number of carbonyl (C=O) groups is 1. The van der Waals surface area contributed by atoms with Gasteiger partial charge in [-0.2, -0.15) is 0 Å². The van der Waals surface area contributed by atoms with Gasteiger partial charge in [0.1, 0.15) is 5.82 Å². The van der Waals surface area contributed by atoms with Crippen molar-refractivity contribution < 1.29 is 9.18 Å². The van der Waals surface area contributed by atoms with Crippen LogP contribution in [0.3, 0.4) is 0 Å². The molecule has 0 saturated carbocycles. The van der Waals surface area contributed by atoms with Crippen LogP contribution < -0.4 is 10.6 Å². The lowest BCUT2D eigenvalue weighted by atomic mass is 9.97. The molecule has 1 aliphatic rings. The molecule has 34 heavy (non-hydrogen) atoms. The second-order valence-electron chi connectivity index (χ2n) is 8.67. The molecule has 0 radical (unpaired) electrons. The zero-order valence-electron chi connectivity index (χ0n) is 19.6. The standard InChI is InChI=1S/C27H32FN5O/c1-2-33(26(34)23-9-5-13-29-18-23)19-21-7-3-8-22(16-21)25-12-15-31-27(32-25)30-14-11-20-6-4-10-24(28)17-20/h3-4,6-8,10,12,15-17,23,29H,2,5,9,11,13-14,18-19H2,1H3,(H,30,31,32)/t23-/m0/s1. The lowest BCUT2D eigenvalue weighted by Gasteiger charge is -2.29. The quantitative estimate of drug-likeness (QED) is 0.498. The number of benzene rings is 2. The van der Waals surface area contributed by atoms with Crippen molar-refractivity contribution in [2.75, 3.05) is 31.5 Å². The predicted molar refractivity (Wildman–Crippen MR) is 133 cm³/mol. The molecular weight excluding hydrogens is 429 g/mol. The number of amides is 1. The third kappa shape index (κ3) is 6.38. The van der Waals surface area contributed by atoms with E-state index in [1.165, 1.54) is 6.07 Å². The first-order chi connectivity index (χ1) is 16.6. The van der Waals surface area contributed by atoms with E-state index in [4.69, 9.17) is 0 Å². The van der Waals surface area contributed by atoms with E-state index in [0.717, 1.165) is 48.3 Å². The van der Waals surface area contributed by atoms with E-state index in [1.807, 2.05) is 36.1 Å². The summed E-state index contributed by atoms with van der Waals surface area (Å²) in [6, 6.07) is 16.7. The fourth-order valence-corrected chi connectivity index (χ4v) is 4.33. The summed E-state index contributed by atoms with van der Waals surface area (Å²) in [7, 11) is 0. The first-order valence-electron chi connectivity index (χ1n) is 12.0. The summed E-state index contributed by atoms with van der Waals surface area (Å²) in [6.45, 7) is 5.68. The molecule has 7 heteroatoms. The minimum Gasteiger partial charge on any atom is -0.354 e. The van der Waals surface area contributed by atoms with Gasteiger partial charge in [0.15, 0.2) is 0 Å². The number of nitrogens with one attached hydrogen (secondary N) is 2. The molecule has 1 saturated heterocycles. The molecule has 1 aliphatic heterocycles. The van der Waals surface area contributed by atoms with Crippen LogP contribution in [0.5, 0.6) is 0 Å². The Bertz CT molecular complexity index is 1100. The fourth-order valence-electron chi connectivity index (χ4n) is 4.33. The van der Waals surface area contributed by atoms with E-state index in [9.17, 15) is 9.18 Å². The SMILES string of the molecule is CCN(Cc1cccc(-c2ccnc(NCCc3cccc(F)c3)n2)c1)C(=O)[C@H]1CCCNC1. The lowest BCUT2D eigenvalue weighted by molar-refractivity contribution is -0.136. The number of nitrogens with zero attached hydrogens (tertiary/aromatic N) is 3. The molecule has 2 aromatic carbocycles. The minimum atomic E-state index is -0.227. The highest BCUT2D eigenvalue weighted by atomic mass is 19.1. The molecule has 1 fully saturated rings. The van der Waals surface area contributed by atoms with Crippen LogP contribution in [0.4, 0.5) is 10.3 Å². The summed E-state index contributed by atoms with van der Waals surface area (Å²) in [4.78, 5) is 23.9. The number of hydrogen-bond donors (Lipinski definition) is 2. The predicted octanol–water partition coefficient (Wildman–Crippen LogP) is 4.29. The summed E-state index contributed by atoms with van der Waals surface area (Å²) < 4.78 is 13.4. The van der Waals surface area contributed by atoms with Gasteiger partial charge in [-0.25, -0.2) is 14.4 Å². The number of rotatable bonds is 9. The van der Waals surface area contributed by atoms with Gasteiger partial charge in [-0.1, -0.05) is 30.3 Å². The van der Waals surface area contributed by atoms with Gasteiger partial charge >= 0.3 is 0 Å². The molecule has 0 aliphatic carbocycles. The van der Waals surface area contributed by atoms with Crippen molar-refractivity contribution in [1.29, 1.82) is 0 Å². The largest absolute Gasteiger partial charge is 0.354 e. The Morgan fingerprint density at radius 1 is 1.18 bits per heavy atom. The number of anilines is 1. The molecular formula is C27H32FN5O. The van der Waals surface area contributed by atoms with Gasteiger partial charge in [0, 0.05) is 37.9 Å². The summed E-state index contributed by atoms with van der Waals surface area (Å²) in [6.07, 6.45) is 4.42. The molecule has 1 aromatic heterocycles. The van der Waals surface area contributed by atoms with Crippen LogP contribution in [0.25, 0.3) is 11.3 Å². The summed E-state index contributed by atoms with van der Waals surface area (Å²) in [5, 5.41) is 6.56. The van der Waals surface area contributed by atoms with E-state index < -0.39 is 0 Å². The van der Waals surface area contributed by atoms with Crippen LogP contribution >= 0.6 is 0 Å². The van der Waals surface area contributed by atoms with Crippen molar-refractivity contribution >= 4 is 11.9 Å². The third-order valence-corrected chi connectivity index (χ3v) is 6.18. The molecule has 6 nitrogen and oxygen atoms in total. The van der Waals surface area contributed by atoms with Gasteiger partial charge < -0.3 is 15.5 Å². The highest BCUT2D eigenvalue weighted by molar-refractivity contribution is 5.79. The van der Waals surface area contributed by atoms with Crippen LogP contribution in [0.1, 0.15) is 30.9 Å². The lowest BCUT2D eigenvalue weighted by Crippen LogP contribution is -2.42. The zero-order valence-corrected chi connectivity index (χ0v) is 19.6. The van der Waals surface area contributed by atoms with Crippen molar-refractivity contribution in [3.05, 3.63) is 77.7 Å².